The van der Waals surface area contributed by atoms with E-state index in [-0.39, 0.29) is 12.7 Å². The summed E-state index contributed by atoms with van der Waals surface area (Å²) < 4.78 is 12.6. The van der Waals surface area contributed by atoms with Gasteiger partial charge in [-0.05, 0) is 109 Å². The van der Waals surface area contributed by atoms with E-state index < -0.39 is 5.79 Å². The van der Waals surface area contributed by atoms with Crippen molar-refractivity contribution in [2.24, 2.45) is 0 Å². The van der Waals surface area contributed by atoms with Crippen LogP contribution < -0.4 is 0 Å². The van der Waals surface area contributed by atoms with Crippen molar-refractivity contribution in [2.45, 2.75) is 148 Å². The van der Waals surface area contributed by atoms with Crippen LogP contribution in [0.1, 0.15) is 136 Å². The highest BCUT2D eigenvalue weighted by molar-refractivity contribution is 5.03. The predicted molar refractivity (Wildman–Crippen MR) is 229 cm³/mol. The van der Waals surface area contributed by atoms with Gasteiger partial charge in [-0.2, -0.15) is 0 Å². The smallest absolute Gasteiger partial charge is 0.168 e. The number of aliphatic hydroxyl groups is 1. The lowest BCUT2D eigenvalue weighted by Crippen LogP contribution is -2.31. The first-order valence-electron chi connectivity index (χ1n) is 20.5. The van der Waals surface area contributed by atoms with E-state index in [2.05, 4.69) is 160 Å². The van der Waals surface area contributed by atoms with Crippen LogP contribution in [0.25, 0.3) is 0 Å². The first kappa shape index (κ1) is 46.8. The summed E-state index contributed by atoms with van der Waals surface area (Å²) in [6.45, 7) is 5.05. The highest BCUT2D eigenvalue weighted by Crippen LogP contribution is 2.35. The summed E-state index contributed by atoms with van der Waals surface area (Å²) >= 11 is 0. The molecule has 1 heterocycles. The van der Waals surface area contributed by atoms with Crippen molar-refractivity contribution in [1.29, 1.82) is 0 Å². The van der Waals surface area contributed by atoms with Crippen LogP contribution in [0, 0.1) is 0 Å². The molecule has 0 radical (unpaired) electrons. The molecule has 0 spiro atoms. The number of hydrogen-bond acceptors (Lipinski definition) is 3. The molecule has 0 aromatic carbocycles. The molecule has 1 aliphatic rings. The Hall–Kier alpha value is -3.24. The summed E-state index contributed by atoms with van der Waals surface area (Å²) in [6, 6.07) is 0. The van der Waals surface area contributed by atoms with Gasteiger partial charge in [0, 0.05) is 19.4 Å². The fourth-order valence-electron chi connectivity index (χ4n) is 5.55. The fraction of sp³-hybridized carbons (Fsp3) is 0.510. The molecule has 0 amide bonds. The van der Waals surface area contributed by atoms with Gasteiger partial charge in [0.2, 0.25) is 0 Å². The summed E-state index contributed by atoms with van der Waals surface area (Å²) in [4.78, 5) is 0. The minimum Gasteiger partial charge on any atom is -0.396 e. The maximum absolute atomic E-state index is 9.41. The summed E-state index contributed by atoms with van der Waals surface area (Å²) in [5.74, 6) is -0.505. The minimum absolute atomic E-state index is 0.00162. The third-order valence-electron chi connectivity index (χ3n) is 8.41. The van der Waals surface area contributed by atoms with Crippen LogP contribution in [0.4, 0.5) is 0 Å². The van der Waals surface area contributed by atoms with E-state index in [0.29, 0.717) is 13.0 Å². The zero-order valence-electron chi connectivity index (χ0n) is 33.0. The molecule has 0 saturated carbocycles. The third kappa shape index (κ3) is 30.4. The van der Waals surface area contributed by atoms with Crippen molar-refractivity contribution in [3.05, 3.63) is 146 Å². The Bertz CT molecular complexity index is 1090. The maximum atomic E-state index is 9.41. The van der Waals surface area contributed by atoms with Gasteiger partial charge in [-0.15, -0.1) is 0 Å². The molecule has 1 rings (SSSR count). The Morgan fingerprint density at radius 2 is 0.731 bits per heavy atom. The summed E-state index contributed by atoms with van der Waals surface area (Å²) in [6.07, 6.45) is 72.5. The molecule has 0 aromatic rings. The number of unbranched alkanes of at least 4 members (excludes halogenated alkanes) is 2. The second-order valence-corrected chi connectivity index (χ2v) is 13.1. The summed E-state index contributed by atoms with van der Waals surface area (Å²) in [5, 5.41) is 9.41. The van der Waals surface area contributed by atoms with Gasteiger partial charge in [0.25, 0.3) is 0 Å². The van der Waals surface area contributed by atoms with E-state index in [4.69, 9.17) is 9.47 Å². The van der Waals surface area contributed by atoms with Crippen LogP contribution in [0.5, 0.6) is 0 Å². The number of hydrogen-bond donors (Lipinski definition) is 1. The van der Waals surface area contributed by atoms with Crippen molar-refractivity contribution in [2.75, 3.05) is 13.2 Å². The van der Waals surface area contributed by atoms with Crippen LogP contribution in [-0.4, -0.2) is 30.2 Å². The average molecular weight is 711 g/mol. The van der Waals surface area contributed by atoms with Crippen LogP contribution in [-0.2, 0) is 9.47 Å². The second kappa shape index (κ2) is 37.5. The Balaban J connectivity index is 2.20. The molecule has 0 aromatic heterocycles. The number of aliphatic hydroxyl groups excluding tert-OH is 1. The summed E-state index contributed by atoms with van der Waals surface area (Å²) in [7, 11) is 0. The zero-order chi connectivity index (χ0) is 37.3. The summed E-state index contributed by atoms with van der Waals surface area (Å²) in [5.41, 5.74) is 0. The van der Waals surface area contributed by atoms with E-state index in [1.165, 1.54) is 0 Å². The van der Waals surface area contributed by atoms with Gasteiger partial charge in [-0.3, -0.25) is 0 Å². The molecule has 3 nitrogen and oxygen atoms in total. The lowest BCUT2D eigenvalue weighted by Gasteiger charge is -2.28. The Morgan fingerprint density at radius 1 is 0.442 bits per heavy atom. The van der Waals surface area contributed by atoms with Crippen LogP contribution in [0.2, 0.25) is 0 Å². The Labute approximate surface area is 320 Å². The monoisotopic (exact) mass is 711 g/mol. The van der Waals surface area contributed by atoms with Crippen molar-refractivity contribution < 1.29 is 14.6 Å². The maximum Gasteiger partial charge on any atom is 0.168 e. The molecule has 1 fully saturated rings. The topological polar surface area (TPSA) is 38.7 Å². The van der Waals surface area contributed by atoms with Crippen molar-refractivity contribution in [1.82, 2.24) is 0 Å². The number of rotatable bonds is 32. The van der Waals surface area contributed by atoms with Gasteiger partial charge < -0.3 is 14.6 Å². The molecule has 0 bridgehead atoms. The van der Waals surface area contributed by atoms with Crippen molar-refractivity contribution >= 4 is 0 Å². The average Bonchev–Trinajstić information content (AvgIpc) is 3.55. The van der Waals surface area contributed by atoms with E-state index in [1.807, 2.05) is 0 Å². The van der Waals surface area contributed by atoms with Crippen LogP contribution >= 0.6 is 0 Å². The molecule has 0 aliphatic carbocycles. The minimum atomic E-state index is -0.505. The van der Waals surface area contributed by atoms with Crippen LogP contribution in [0.3, 0.4) is 0 Å². The molecule has 1 atom stereocenters. The zero-order valence-corrected chi connectivity index (χ0v) is 33.0. The van der Waals surface area contributed by atoms with Gasteiger partial charge in [-0.1, -0.05) is 160 Å². The van der Waals surface area contributed by atoms with Gasteiger partial charge in [0.05, 0.1) is 12.7 Å². The molecule has 288 valence electrons. The molecular formula is C49H74O3. The lowest BCUT2D eigenvalue weighted by molar-refractivity contribution is -0.179. The molecule has 1 aliphatic heterocycles. The molecule has 3 heteroatoms. The third-order valence-corrected chi connectivity index (χ3v) is 8.41. The highest BCUT2D eigenvalue weighted by Gasteiger charge is 2.40. The second-order valence-electron chi connectivity index (χ2n) is 13.1. The van der Waals surface area contributed by atoms with E-state index in [0.717, 1.165) is 116 Å². The lowest BCUT2D eigenvalue weighted by atomic mass is 10.0. The predicted octanol–water partition coefficient (Wildman–Crippen LogP) is 14.2. The Morgan fingerprint density at radius 3 is 1.02 bits per heavy atom. The Kier molecular flexibility index (Phi) is 33.7. The number of ether oxygens (including phenoxy) is 2. The molecular weight excluding hydrogens is 637 g/mol. The van der Waals surface area contributed by atoms with Crippen molar-refractivity contribution in [3.8, 4) is 0 Å². The molecule has 1 saturated heterocycles. The van der Waals surface area contributed by atoms with Gasteiger partial charge in [-0.25, -0.2) is 0 Å². The molecule has 1 unspecified atom stereocenters. The fourth-order valence-corrected chi connectivity index (χ4v) is 5.55. The highest BCUT2D eigenvalue weighted by atomic mass is 16.7. The normalized spacial score (nSPS) is 19.3. The van der Waals surface area contributed by atoms with Gasteiger partial charge in [0.1, 0.15) is 0 Å². The standard InChI is InChI=1S/C49H74O3/c1-3-5-7-9-11-13-15-17-19-21-23-25-27-29-31-33-35-37-39-41-44-49(51-47-48(52-49)43-46-50)45-42-40-38-36-34-32-30-28-26-24-22-20-18-16-14-12-10-8-6-4-2/h5-8,11-14,17-20,23-26,29-32,35-38,48,50H,3-4,9-10,15-16,21-22,27-28,33-34,39-47H2,1-2H3. The SMILES string of the molecule is CCC=CCC=CCC=CCC=CCC=CCC=CCCCC1(CCCC=CCC=CCC=CCC=CCC=CCC=CCC)OCC(CCO)O1. The first-order chi connectivity index (χ1) is 25.8. The van der Waals surface area contributed by atoms with Gasteiger partial charge in [0.15, 0.2) is 5.79 Å². The first-order valence-corrected chi connectivity index (χ1v) is 20.5. The van der Waals surface area contributed by atoms with Crippen LogP contribution in [0.15, 0.2) is 146 Å². The van der Waals surface area contributed by atoms with E-state index >= 15 is 0 Å². The van der Waals surface area contributed by atoms with Crippen molar-refractivity contribution in [3.63, 3.8) is 0 Å². The largest absolute Gasteiger partial charge is 0.396 e. The quantitative estimate of drug-likeness (QED) is 0.0558. The molecule has 52 heavy (non-hydrogen) atoms. The van der Waals surface area contributed by atoms with E-state index in [9.17, 15) is 5.11 Å². The molecule has 1 N–H and O–H groups in total. The number of allylic oxidation sites excluding steroid dienone is 24. The van der Waals surface area contributed by atoms with Gasteiger partial charge >= 0.3 is 0 Å². The van der Waals surface area contributed by atoms with E-state index in [1.54, 1.807) is 0 Å².